The molecule has 0 spiro atoms. The van der Waals surface area contributed by atoms with Gasteiger partial charge in [-0.15, -0.1) is 0 Å². The van der Waals surface area contributed by atoms with Crippen LogP contribution in [-0.2, 0) is 17.6 Å². The van der Waals surface area contributed by atoms with Gasteiger partial charge in [-0.1, -0.05) is 6.07 Å². The number of hydrogen-bond donors (Lipinski definition) is 2. The van der Waals surface area contributed by atoms with Crippen molar-refractivity contribution in [2.24, 2.45) is 5.73 Å². The summed E-state index contributed by atoms with van der Waals surface area (Å²) < 4.78 is 5.15. The molecule has 1 atom stereocenters. The molecular formula is C14H22N2O. The van der Waals surface area contributed by atoms with Crippen LogP contribution in [0.4, 0.5) is 5.69 Å². The number of hydrogen-bond acceptors (Lipinski definition) is 3. The van der Waals surface area contributed by atoms with Crippen molar-refractivity contribution in [2.75, 3.05) is 19.5 Å². The molecule has 94 valence electrons. The van der Waals surface area contributed by atoms with Crippen LogP contribution in [0.1, 0.15) is 30.4 Å². The lowest BCUT2D eigenvalue weighted by Crippen LogP contribution is -2.41. The molecule has 0 saturated carbocycles. The molecule has 0 amide bonds. The molecule has 1 aliphatic rings. The molecule has 2 rings (SSSR count). The van der Waals surface area contributed by atoms with Crippen LogP contribution in [0.3, 0.4) is 0 Å². The highest BCUT2D eigenvalue weighted by molar-refractivity contribution is 5.45. The Kier molecular flexibility index (Phi) is 3.69. The van der Waals surface area contributed by atoms with Crippen molar-refractivity contribution in [1.82, 2.24) is 0 Å². The summed E-state index contributed by atoms with van der Waals surface area (Å²) in [5, 5.41) is 0. The summed E-state index contributed by atoms with van der Waals surface area (Å²) in [6.45, 7) is 0.745. The Morgan fingerprint density at radius 1 is 1.24 bits per heavy atom. The number of methoxy groups -OCH3 is 1. The second-order valence-corrected chi connectivity index (χ2v) is 5.13. The first-order valence-corrected chi connectivity index (χ1v) is 6.28. The molecule has 1 aromatic rings. The monoisotopic (exact) mass is 234 g/mol. The second kappa shape index (κ2) is 5.07. The van der Waals surface area contributed by atoms with Gasteiger partial charge in [-0.05, 0) is 55.4 Å². The third-order valence-electron chi connectivity index (χ3n) is 3.82. The fourth-order valence-corrected chi connectivity index (χ4v) is 2.57. The van der Waals surface area contributed by atoms with E-state index in [1.165, 1.54) is 11.1 Å². The SMILES string of the molecule is COCCC1(N)CCc2ccc(N)cc2CC1. The summed E-state index contributed by atoms with van der Waals surface area (Å²) in [6, 6.07) is 6.22. The molecule has 3 heteroatoms. The molecule has 3 nitrogen and oxygen atoms in total. The van der Waals surface area contributed by atoms with Crippen molar-refractivity contribution in [2.45, 2.75) is 37.6 Å². The molecule has 1 aromatic carbocycles. The van der Waals surface area contributed by atoms with E-state index in [1.54, 1.807) is 7.11 Å². The predicted molar refractivity (Wildman–Crippen MR) is 70.9 cm³/mol. The number of benzene rings is 1. The average Bonchev–Trinajstić information content (AvgIpc) is 2.48. The Labute approximate surface area is 103 Å². The predicted octanol–water partition coefficient (Wildman–Crippen LogP) is 1.88. The molecule has 0 fully saturated rings. The molecular weight excluding hydrogens is 212 g/mol. The van der Waals surface area contributed by atoms with Gasteiger partial charge in [0.05, 0.1) is 0 Å². The van der Waals surface area contributed by atoms with Crippen LogP contribution in [0, 0.1) is 0 Å². The standard InChI is InChI=1S/C14H22N2O/c1-17-9-8-14(16)6-4-11-2-3-13(15)10-12(11)5-7-14/h2-3,10H,4-9,15-16H2,1H3. The Balaban J connectivity index is 2.10. The van der Waals surface area contributed by atoms with Gasteiger partial charge in [0, 0.05) is 24.9 Å². The Hall–Kier alpha value is -1.06. The molecule has 0 aliphatic heterocycles. The highest BCUT2D eigenvalue weighted by Gasteiger charge is 2.27. The van der Waals surface area contributed by atoms with E-state index in [0.29, 0.717) is 0 Å². The van der Waals surface area contributed by atoms with Gasteiger partial charge >= 0.3 is 0 Å². The molecule has 0 heterocycles. The molecule has 0 bridgehead atoms. The smallest absolute Gasteiger partial charge is 0.0479 e. The van der Waals surface area contributed by atoms with Crippen LogP contribution in [0.5, 0.6) is 0 Å². The van der Waals surface area contributed by atoms with E-state index in [9.17, 15) is 0 Å². The molecule has 0 aromatic heterocycles. The van der Waals surface area contributed by atoms with Crippen molar-refractivity contribution in [3.63, 3.8) is 0 Å². The lowest BCUT2D eigenvalue weighted by molar-refractivity contribution is 0.162. The number of nitrogen functional groups attached to an aromatic ring is 1. The normalized spacial score (nSPS) is 24.1. The first-order chi connectivity index (χ1) is 8.13. The number of fused-ring (bicyclic) bond motifs is 1. The molecule has 0 saturated heterocycles. The second-order valence-electron chi connectivity index (χ2n) is 5.13. The Morgan fingerprint density at radius 3 is 2.65 bits per heavy atom. The minimum Gasteiger partial charge on any atom is -0.399 e. The van der Waals surface area contributed by atoms with E-state index < -0.39 is 0 Å². The lowest BCUT2D eigenvalue weighted by atomic mass is 9.88. The van der Waals surface area contributed by atoms with Crippen LogP contribution in [0.25, 0.3) is 0 Å². The van der Waals surface area contributed by atoms with Crippen LogP contribution in [-0.4, -0.2) is 19.3 Å². The maximum absolute atomic E-state index is 6.45. The molecule has 4 N–H and O–H groups in total. The summed E-state index contributed by atoms with van der Waals surface area (Å²) in [5.41, 5.74) is 15.8. The fourth-order valence-electron chi connectivity index (χ4n) is 2.57. The summed E-state index contributed by atoms with van der Waals surface area (Å²) >= 11 is 0. The van der Waals surface area contributed by atoms with E-state index in [2.05, 4.69) is 12.1 Å². The van der Waals surface area contributed by atoms with E-state index in [-0.39, 0.29) is 5.54 Å². The molecule has 0 radical (unpaired) electrons. The zero-order valence-electron chi connectivity index (χ0n) is 10.5. The molecule has 1 unspecified atom stereocenters. The first kappa shape index (κ1) is 12.4. The third-order valence-corrected chi connectivity index (χ3v) is 3.82. The van der Waals surface area contributed by atoms with Crippen LogP contribution in [0.15, 0.2) is 18.2 Å². The van der Waals surface area contributed by atoms with Gasteiger partial charge in [0.25, 0.3) is 0 Å². The van der Waals surface area contributed by atoms with Crippen molar-refractivity contribution in [3.05, 3.63) is 29.3 Å². The minimum atomic E-state index is -0.0796. The van der Waals surface area contributed by atoms with Gasteiger partial charge in [-0.2, -0.15) is 0 Å². The van der Waals surface area contributed by atoms with E-state index in [1.807, 2.05) is 6.07 Å². The average molecular weight is 234 g/mol. The van der Waals surface area contributed by atoms with Crippen molar-refractivity contribution in [1.29, 1.82) is 0 Å². The summed E-state index contributed by atoms with van der Waals surface area (Å²) in [6.07, 6.45) is 5.07. The third kappa shape index (κ3) is 2.99. The number of ether oxygens (including phenoxy) is 1. The first-order valence-electron chi connectivity index (χ1n) is 6.28. The van der Waals surface area contributed by atoms with E-state index >= 15 is 0 Å². The maximum atomic E-state index is 6.45. The van der Waals surface area contributed by atoms with Crippen LogP contribution in [0.2, 0.25) is 0 Å². The number of anilines is 1. The Bertz CT molecular complexity index is 392. The molecule has 17 heavy (non-hydrogen) atoms. The quantitative estimate of drug-likeness (QED) is 0.620. The summed E-state index contributed by atoms with van der Waals surface area (Å²) in [7, 11) is 1.73. The lowest BCUT2D eigenvalue weighted by Gasteiger charge is -2.27. The number of nitrogens with two attached hydrogens (primary N) is 2. The highest BCUT2D eigenvalue weighted by atomic mass is 16.5. The van der Waals surface area contributed by atoms with Crippen LogP contribution >= 0.6 is 0 Å². The van der Waals surface area contributed by atoms with E-state index in [0.717, 1.165) is 44.4 Å². The largest absolute Gasteiger partial charge is 0.399 e. The topological polar surface area (TPSA) is 61.3 Å². The van der Waals surface area contributed by atoms with Gasteiger partial charge in [0.2, 0.25) is 0 Å². The van der Waals surface area contributed by atoms with Crippen molar-refractivity contribution >= 4 is 5.69 Å². The van der Waals surface area contributed by atoms with Gasteiger partial charge < -0.3 is 16.2 Å². The van der Waals surface area contributed by atoms with Crippen LogP contribution < -0.4 is 11.5 Å². The zero-order chi connectivity index (χ0) is 12.3. The summed E-state index contributed by atoms with van der Waals surface area (Å²) in [5.74, 6) is 0. The van der Waals surface area contributed by atoms with Gasteiger partial charge in [-0.25, -0.2) is 0 Å². The Morgan fingerprint density at radius 2 is 1.94 bits per heavy atom. The minimum absolute atomic E-state index is 0.0796. The zero-order valence-corrected chi connectivity index (χ0v) is 10.5. The number of rotatable bonds is 3. The highest BCUT2D eigenvalue weighted by Crippen LogP contribution is 2.29. The van der Waals surface area contributed by atoms with Gasteiger partial charge in [0.1, 0.15) is 0 Å². The van der Waals surface area contributed by atoms with Gasteiger partial charge in [-0.3, -0.25) is 0 Å². The maximum Gasteiger partial charge on any atom is 0.0479 e. The summed E-state index contributed by atoms with van der Waals surface area (Å²) in [4.78, 5) is 0. The van der Waals surface area contributed by atoms with Crippen molar-refractivity contribution in [3.8, 4) is 0 Å². The van der Waals surface area contributed by atoms with Gasteiger partial charge in [0.15, 0.2) is 0 Å². The fraction of sp³-hybridized carbons (Fsp3) is 0.571. The van der Waals surface area contributed by atoms with Crippen molar-refractivity contribution < 1.29 is 4.74 Å². The number of aryl methyl sites for hydroxylation is 2. The van der Waals surface area contributed by atoms with E-state index in [4.69, 9.17) is 16.2 Å². The molecule has 1 aliphatic carbocycles.